The van der Waals surface area contributed by atoms with Crippen LogP contribution in [-0.2, 0) is 25.6 Å². The van der Waals surface area contributed by atoms with Crippen LogP contribution in [0.15, 0.2) is 23.0 Å². The van der Waals surface area contributed by atoms with Gasteiger partial charge in [0, 0.05) is 29.5 Å². The third-order valence-electron chi connectivity index (χ3n) is 7.53. The Labute approximate surface area is 217 Å². The molecule has 3 atom stereocenters. The van der Waals surface area contributed by atoms with Crippen LogP contribution in [0, 0.1) is 17.7 Å². The van der Waals surface area contributed by atoms with Gasteiger partial charge in [0.25, 0.3) is 5.91 Å². The van der Waals surface area contributed by atoms with Crippen LogP contribution in [0.1, 0.15) is 50.2 Å². The molecular weight excluding hydrogens is 501 g/mol. The van der Waals surface area contributed by atoms with Crippen LogP contribution in [0.3, 0.4) is 0 Å². The van der Waals surface area contributed by atoms with E-state index in [4.69, 9.17) is 5.73 Å². The van der Waals surface area contributed by atoms with Crippen molar-refractivity contribution in [2.75, 3.05) is 18.4 Å². The number of rotatable bonds is 8. The van der Waals surface area contributed by atoms with Gasteiger partial charge in [-0.3, -0.25) is 19.2 Å². The second-order valence-electron chi connectivity index (χ2n) is 9.95. The minimum Gasteiger partial charge on any atom is -0.508 e. The van der Waals surface area contributed by atoms with Gasteiger partial charge in [0.2, 0.25) is 11.7 Å². The van der Waals surface area contributed by atoms with Crippen molar-refractivity contribution in [3.63, 3.8) is 0 Å². The van der Waals surface area contributed by atoms with Crippen molar-refractivity contribution in [1.29, 1.82) is 0 Å². The first-order valence-electron chi connectivity index (χ1n) is 12.5. The van der Waals surface area contributed by atoms with E-state index in [1.807, 2.05) is 6.92 Å². The molecule has 11 nitrogen and oxygen atoms in total. The highest BCUT2D eigenvalue weighted by molar-refractivity contribution is 6.22. The number of ketones is 2. The number of nitrogens with two attached hydrogens (primary N) is 1. The Balaban J connectivity index is 1.70. The summed E-state index contributed by atoms with van der Waals surface area (Å²) < 4.78 is 15.2. The van der Waals surface area contributed by atoms with Crippen LogP contribution in [-0.4, -0.2) is 62.5 Å². The molecule has 0 bridgehead atoms. The smallest absolute Gasteiger partial charge is 0.255 e. The number of hydrogen-bond donors (Lipinski definition) is 7. The Bertz CT molecular complexity index is 1300. The molecule has 0 heterocycles. The van der Waals surface area contributed by atoms with Gasteiger partial charge in [-0.1, -0.05) is 19.8 Å². The van der Waals surface area contributed by atoms with Crippen LogP contribution in [0.5, 0.6) is 5.75 Å². The van der Waals surface area contributed by atoms with E-state index in [0.29, 0.717) is 6.54 Å². The zero-order valence-corrected chi connectivity index (χ0v) is 20.8. The molecule has 0 spiro atoms. The van der Waals surface area contributed by atoms with Gasteiger partial charge in [-0.05, 0) is 31.7 Å². The Morgan fingerprint density at radius 2 is 1.89 bits per heavy atom. The minimum absolute atomic E-state index is 0.101. The summed E-state index contributed by atoms with van der Waals surface area (Å²) >= 11 is 0. The van der Waals surface area contributed by atoms with E-state index in [0.717, 1.165) is 25.3 Å². The Kier molecular flexibility index (Phi) is 7.31. The first-order chi connectivity index (χ1) is 17.9. The Morgan fingerprint density at radius 3 is 2.55 bits per heavy atom. The quantitative estimate of drug-likeness (QED) is 0.147. The van der Waals surface area contributed by atoms with Gasteiger partial charge in [0.1, 0.15) is 22.9 Å². The number of hydrogen-bond acceptors (Lipinski definition) is 9. The van der Waals surface area contributed by atoms with E-state index < -0.39 is 87.0 Å². The average molecular weight is 532 g/mol. The van der Waals surface area contributed by atoms with Crippen molar-refractivity contribution in [3.8, 4) is 5.75 Å². The number of aliphatic hydroxyl groups excluding tert-OH is 2. The van der Waals surface area contributed by atoms with Crippen molar-refractivity contribution >= 4 is 34.8 Å². The number of phenolic OH excluding ortho intramolecular Hbond substituents is 1. The highest BCUT2D eigenvalue weighted by atomic mass is 19.1. The maximum atomic E-state index is 15.2. The van der Waals surface area contributed by atoms with Gasteiger partial charge in [0.05, 0.1) is 17.8 Å². The van der Waals surface area contributed by atoms with Crippen LogP contribution in [0.4, 0.5) is 10.1 Å². The predicted octanol–water partition coefficient (Wildman–Crippen LogP) is 1.28. The van der Waals surface area contributed by atoms with Crippen LogP contribution < -0.4 is 16.4 Å². The van der Waals surface area contributed by atoms with E-state index in [1.54, 1.807) is 0 Å². The Morgan fingerprint density at radius 1 is 1.18 bits per heavy atom. The molecule has 0 aromatic heterocycles. The number of aromatic hydroxyl groups is 1. The van der Waals surface area contributed by atoms with Crippen molar-refractivity contribution < 1.29 is 44.0 Å². The number of Topliss-reactive ketones (excluding diaryl/α,β-unsaturated/α-hetero) is 2. The van der Waals surface area contributed by atoms with Gasteiger partial charge >= 0.3 is 0 Å². The first kappa shape index (κ1) is 27.3. The van der Waals surface area contributed by atoms with Gasteiger partial charge in [-0.2, -0.15) is 0 Å². The SMILES string of the molecule is CCCCCNCC(=O)Nc1cc(F)c2c(c1O)C(O)=C1C(=O)[C@]3(O)C(O)=C(C(N)=O)C(=O)CC3C[C@@H]1C2. The first-order valence-corrected chi connectivity index (χ1v) is 12.5. The standard InChI is InChI=1S/C26H30FN3O8/c1-2-3-4-5-29-10-17(32)30-15-9-14(27)13-7-11-6-12-8-16(31)20(25(28)37)24(36)26(12,38)23(35)18(11)22(34)19(13)21(15)33/h9,11-12,29,33-34,36,38H,2-8,10H2,1H3,(H2,28,37)(H,30,32)/t11-,12?,26+/m1/s1. The van der Waals surface area contributed by atoms with Crippen molar-refractivity contribution in [3.05, 3.63) is 39.9 Å². The molecule has 0 saturated heterocycles. The van der Waals surface area contributed by atoms with E-state index in [2.05, 4.69) is 10.6 Å². The molecule has 204 valence electrons. The highest BCUT2D eigenvalue weighted by Gasteiger charge is 2.60. The summed E-state index contributed by atoms with van der Waals surface area (Å²) in [5.74, 6) is -9.45. The number of unbranched alkanes of at least 4 members (excludes halogenated alkanes) is 2. The lowest BCUT2D eigenvalue weighted by Gasteiger charge is -2.46. The lowest BCUT2D eigenvalue weighted by molar-refractivity contribution is -0.147. The number of aliphatic hydroxyl groups is 3. The van der Waals surface area contributed by atoms with Gasteiger partial charge in [0.15, 0.2) is 17.1 Å². The van der Waals surface area contributed by atoms with Crippen LogP contribution in [0.25, 0.3) is 5.76 Å². The van der Waals surface area contributed by atoms with E-state index >= 15 is 4.39 Å². The lowest BCUT2D eigenvalue weighted by atomic mass is 9.59. The monoisotopic (exact) mass is 531 g/mol. The number of carbonyl (C=O) groups is 4. The predicted molar refractivity (Wildman–Crippen MR) is 132 cm³/mol. The van der Waals surface area contributed by atoms with E-state index in [9.17, 15) is 39.6 Å². The van der Waals surface area contributed by atoms with Crippen molar-refractivity contribution in [2.24, 2.45) is 17.6 Å². The summed E-state index contributed by atoms with van der Waals surface area (Å²) in [7, 11) is 0. The highest BCUT2D eigenvalue weighted by Crippen LogP contribution is 2.53. The number of primary amides is 1. The maximum Gasteiger partial charge on any atom is 0.255 e. The number of fused-ring (bicyclic) bond motifs is 3. The molecule has 1 saturated carbocycles. The van der Waals surface area contributed by atoms with E-state index in [-0.39, 0.29) is 30.6 Å². The van der Waals surface area contributed by atoms with E-state index in [1.165, 1.54) is 0 Å². The molecule has 1 unspecified atom stereocenters. The number of benzene rings is 1. The van der Waals surface area contributed by atoms with Crippen molar-refractivity contribution in [1.82, 2.24) is 5.32 Å². The molecule has 0 radical (unpaired) electrons. The number of carbonyl (C=O) groups excluding carboxylic acids is 4. The molecule has 0 aliphatic heterocycles. The van der Waals surface area contributed by atoms with Crippen LogP contribution >= 0.6 is 0 Å². The minimum atomic E-state index is -2.71. The molecule has 38 heavy (non-hydrogen) atoms. The summed E-state index contributed by atoms with van der Waals surface area (Å²) in [5.41, 5.74) is 0.309. The second kappa shape index (κ2) is 10.2. The van der Waals surface area contributed by atoms with Gasteiger partial charge in [-0.25, -0.2) is 4.39 Å². The molecular formula is C26H30FN3O8. The van der Waals surface area contributed by atoms with Gasteiger partial charge < -0.3 is 36.8 Å². The summed E-state index contributed by atoms with van der Waals surface area (Å²) in [6.07, 6.45) is 2.13. The number of nitrogens with one attached hydrogen (secondary N) is 2. The fraction of sp³-hybridized carbons (Fsp3) is 0.462. The third-order valence-corrected chi connectivity index (χ3v) is 7.53. The number of halogens is 1. The third kappa shape index (κ3) is 4.33. The topological polar surface area (TPSA) is 199 Å². The molecule has 3 aliphatic carbocycles. The normalized spacial score (nSPS) is 24.6. The summed E-state index contributed by atoms with van der Waals surface area (Å²) in [6.45, 7) is 2.54. The Hall–Kier alpha value is -3.77. The average Bonchev–Trinajstić information content (AvgIpc) is 2.84. The number of anilines is 1. The molecule has 2 amide bonds. The fourth-order valence-corrected chi connectivity index (χ4v) is 5.64. The van der Waals surface area contributed by atoms with Crippen molar-refractivity contribution in [2.45, 2.75) is 51.0 Å². The molecule has 3 aliphatic rings. The number of phenols is 1. The van der Waals surface area contributed by atoms with Crippen LogP contribution in [0.2, 0.25) is 0 Å². The largest absolute Gasteiger partial charge is 0.508 e. The molecule has 1 aromatic carbocycles. The fourth-order valence-electron chi connectivity index (χ4n) is 5.64. The summed E-state index contributed by atoms with van der Waals surface area (Å²) in [5, 5.41) is 49.1. The number of amides is 2. The summed E-state index contributed by atoms with van der Waals surface area (Å²) in [4.78, 5) is 49.9. The zero-order valence-electron chi connectivity index (χ0n) is 20.8. The molecule has 4 rings (SSSR count). The molecule has 1 fully saturated rings. The maximum absolute atomic E-state index is 15.2. The lowest BCUT2D eigenvalue weighted by Crippen LogP contribution is -2.58. The summed E-state index contributed by atoms with van der Waals surface area (Å²) in [6, 6.07) is 0.917. The molecule has 1 aromatic rings. The zero-order chi connectivity index (χ0) is 27.9. The van der Waals surface area contributed by atoms with Gasteiger partial charge in [-0.15, -0.1) is 0 Å². The molecule has 12 heteroatoms. The second-order valence-corrected chi connectivity index (χ2v) is 9.95. The molecule has 8 N–H and O–H groups in total.